The summed E-state index contributed by atoms with van der Waals surface area (Å²) < 4.78 is 0. The summed E-state index contributed by atoms with van der Waals surface area (Å²) in [6.07, 6.45) is 1.33. The standard InChI is InChI=1S/C14H21NO2/c1-4-11(2)10-15(3)14(17)9-12-7-5-6-8-13(12)16/h5-8,11,16H,4,9-10H2,1-3H3. The van der Waals surface area contributed by atoms with Crippen molar-refractivity contribution in [1.29, 1.82) is 0 Å². The minimum absolute atomic E-state index is 0.0480. The first kappa shape index (κ1) is 13.6. The van der Waals surface area contributed by atoms with E-state index in [1.165, 1.54) is 0 Å². The molecule has 0 saturated heterocycles. The van der Waals surface area contributed by atoms with Crippen LogP contribution < -0.4 is 0 Å². The summed E-state index contributed by atoms with van der Waals surface area (Å²) in [6, 6.07) is 6.98. The lowest BCUT2D eigenvalue weighted by atomic mass is 10.1. The average Bonchev–Trinajstić information content (AvgIpc) is 2.31. The maximum Gasteiger partial charge on any atom is 0.226 e. The van der Waals surface area contributed by atoms with Gasteiger partial charge in [0.2, 0.25) is 5.91 Å². The Bertz CT molecular complexity index is 376. The van der Waals surface area contributed by atoms with Crippen molar-refractivity contribution >= 4 is 5.91 Å². The van der Waals surface area contributed by atoms with Crippen molar-refractivity contribution in [1.82, 2.24) is 4.90 Å². The molecule has 17 heavy (non-hydrogen) atoms. The molecule has 1 aromatic rings. The molecule has 1 unspecified atom stereocenters. The molecule has 0 spiro atoms. The van der Waals surface area contributed by atoms with E-state index >= 15 is 0 Å². The van der Waals surface area contributed by atoms with Gasteiger partial charge in [0, 0.05) is 19.2 Å². The van der Waals surface area contributed by atoms with Crippen LogP contribution in [0.2, 0.25) is 0 Å². The Morgan fingerprint density at radius 2 is 2.06 bits per heavy atom. The second kappa shape index (κ2) is 6.28. The van der Waals surface area contributed by atoms with Gasteiger partial charge in [-0.3, -0.25) is 4.79 Å². The molecule has 3 nitrogen and oxygen atoms in total. The molecule has 1 N–H and O–H groups in total. The zero-order chi connectivity index (χ0) is 12.8. The predicted molar refractivity (Wildman–Crippen MR) is 68.9 cm³/mol. The summed E-state index contributed by atoms with van der Waals surface area (Å²) in [4.78, 5) is 13.7. The van der Waals surface area contributed by atoms with Crippen LogP contribution in [0.3, 0.4) is 0 Å². The maximum atomic E-state index is 11.9. The number of carbonyl (C=O) groups is 1. The largest absolute Gasteiger partial charge is 0.508 e. The van der Waals surface area contributed by atoms with Gasteiger partial charge in [-0.2, -0.15) is 0 Å². The third-order valence-corrected chi connectivity index (χ3v) is 3.04. The highest BCUT2D eigenvalue weighted by molar-refractivity contribution is 5.79. The molecular weight excluding hydrogens is 214 g/mol. The van der Waals surface area contributed by atoms with Crippen molar-refractivity contribution < 1.29 is 9.90 Å². The van der Waals surface area contributed by atoms with Gasteiger partial charge in [-0.05, 0) is 12.0 Å². The van der Waals surface area contributed by atoms with Gasteiger partial charge in [-0.15, -0.1) is 0 Å². The zero-order valence-corrected chi connectivity index (χ0v) is 10.8. The van der Waals surface area contributed by atoms with Gasteiger partial charge in [0.25, 0.3) is 0 Å². The van der Waals surface area contributed by atoms with E-state index in [4.69, 9.17) is 0 Å². The number of rotatable bonds is 5. The fourth-order valence-corrected chi connectivity index (χ4v) is 1.66. The second-order valence-corrected chi connectivity index (χ2v) is 4.59. The number of hydrogen-bond donors (Lipinski definition) is 1. The van der Waals surface area contributed by atoms with E-state index in [9.17, 15) is 9.90 Å². The van der Waals surface area contributed by atoms with E-state index in [2.05, 4.69) is 13.8 Å². The van der Waals surface area contributed by atoms with Crippen LogP contribution in [0.5, 0.6) is 5.75 Å². The highest BCUT2D eigenvalue weighted by Gasteiger charge is 2.13. The van der Waals surface area contributed by atoms with Crippen LogP contribution in [-0.2, 0) is 11.2 Å². The lowest BCUT2D eigenvalue weighted by Crippen LogP contribution is -2.32. The highest BCUT2D eigenvalue weighted by Crippen LogP contribution is 2.17. The van der Waals surface area contributed by atoms with Gasteiger partial charge in [0.1, 0.15) is 5.75 Å². The molecule has 1 rings (SSSR count). The Morgan fingerprint density at radius 3 is 2.65 bits per heavy atom. The van der Waals surface area contributed by atoms with Crippen molar-refractivity contribution in [2.75, 3.05) is 13.6 Å². The van der Waals surface area contributed by atoms with Gasteiger partial charge < -0.3 is 10.0 Å². The first-order valence-electron chi connectivity index (χ1n) is 6.05. The van der Waals surface area contributed by atoms with Crippen LogP contribution in [0.4, 0.5) is 0 Å². The molecule has 1 atom stereocenters. The number of para-hydroxylation sites is 1. The molecule has 0 aromatic heterocycles. The van der Waals surface area contributed by atoms with Gasteiger partial charge >= 0.3 is 0 Å². The average molecular weight is 235 g/mol. The Hall–Kier alpha value is -1.51. The Balaban J connectivity index is 2.57. The number of phenols is 1. The van der Waals surface area contributed by atoms with Crippen molar-refractivity contribution in [2.45, 2.75) is 26.7 Å². The quantitative estimate of drug-likeness (QED) is 0.851. The van der Waals surface area contributed by atoms with Crippen LogP contribution in [0.25, 0.3) is 0 Å². The minimum Gasteiger partial charge on any atom is -0.508 e. The van der Waals surface area contributed by atoms with Crippen molar-refractivity contribution in [3.8, 4) is 5.75 Å². The fourth-order valence-electron chi connectivity index (χ4n) is 1.66. The van der Waals surface area contributed by atoms with E-state index < -0.39 is 0 Å². The van der Waals surface area contributed by atoms with Crippen molar-refractivity contribution in [3.05, 3.63) is 29.8 Å². The Labute approximate surface area is 103 Å². The van der Waals surface area contributed by atoms with Gasteiger partial charge in [0.15, 0.2) is 0 Å². The SMILES string of the molecule is CCC(C)CN(C)C(=O)Cc1ccccc1O. The topological polar surface area (TPSA) is 40.5 Å². The van der Waals surface area contributed by atoms with Crippen molar-refractivity contribution in [2.24, 2.45) is 5.92 Å². The van der Waals surface area contributed by atoms with E-state index in [0.717, 1.165) is 13.0 Å². The molecule has 0 bridgehead atoms. The van der Waals surface area contributed by atoms with Crippen LogP contribution >= 0.6 is 0 Å². The summed E-state index contributed by atoms with van der Waals surface area (Å²) in [5.74, 6) is 0.748. The number of likely N-dealkylation sites (N-methyl/N-ethyl adjacent to an activating group) is 1. The number of amides is 1. The second-order valence-electron chi connectivity index (χ2n) is 4.59. The highest BCUT2D eigenvalue weighted by atomic mass is 16.3. The Kier molecular flexibility index (Phi) is 5.01. The van der Waals surface area contributed by atoms with Crippen LogP contribution in [0.15, 0.2) is 24.3 Å². The van der Waals surface area contributed by atoms with Crippen molar-refractivity contribution in [3.63, 3.8) is 0 Å². The van der Waals surface area contributed by atoms with E-state index in [0.29, 0.717) is 11.5 Å². The monoisotopic (exact) mass is 235 g/mol. The van der Waals surface area contributed by atoms with E-state index in [1.54, 1.807) is 23.1 Å². The van der Waals surface area contributed by atoms with E-state index in [-0.39, 0.29) is 18.1 Å². The fraction of sp³-hybridized carbons (Fsp3) is 0.500. The molecule has 0 aliphatic heterocycles. The lowest BCUT2D eigenvalue weighted by Gasteiger charge is -2.21. The number of benzene rings is 1. The number of aromatic hydroxyl groups is 1. The van der Waals surface area contributed by atoms with Crippen LogP contribution in [0.1, 0.15) is 25.8 Å². The summed E-state index contributed by atoms with van der Waals surface area (Å²) in [6.45, 7) is 5.01. The summed E-state index contributed by atoms with van der Waals surface area (Å²) in [5.41, 5.74) is 0.688. The third-order valence-electron chi connectivity index (χ3n) is 3.04. The normalized spacial score (nSPS) is 12.2. The van der Waals surface area contributed by atoms with Gasteiger partial charge in [-0.1, -0.05) is 38.5 Å². The number of hydrogen-bond acceptors (Lipinski definition) is 2. The molecule has 3 heteroatoms. The number of nitrogens with zero attached hydrogens (tertiary/aromatic N) is 1. The van der Waals surface area contributed by atoms with Crippen LogP contribution in [0, 0.1) is 5.92 Å². The van der Waals surface area contributed by atoms with E-state index in [1.807, 2.05) is 13.1 Å². The Morgan fingerprint density at radius 1 is 1.41 bits per heavy atom. The molecule has 1 amide bonds. The zero-order valence-electron chi connectivity index (χ0n) is 10.8. The summed E-state index contributed by atoms with van der Waals surface area (Å²) >= 11 is 0. The minimum atomic E-state index is 0.0480. The molecular formula is C14H21NO2. The molecule has 1 aromatic carbocycles. The number of carbonyl (C=O) groups excluding carboxylic acids is 1. The summed E-state index contributed by atoms with van der Waals surface area (Å²) in [5, 5.41) is 9.60. The molecule has 0 fully saturated rings. The third kappa shape index (κ3) is 4.10. The first-order chi connectivity index (χ1) is 8.04. The molecule has 0 saturated carbocycles. The predicted octanol–water partition coefficient (Wildman–Crippen LogP) is 2.44. The smallest absolute Gasteiger partial charge is 0.226 e. The van der Waals surface area contributed by atoms with Gasteiger partial charge in [-0.25, -0.2) is 0 Å². The number of phenolic OH excluding ortho intramolecular Hbond substituents is 1. The molecule has 94 valence electrons. The maximum absolute atomic E-state index is 11.9. The van der Waals surface area contributed by atoms with Crippen LogP contribution in [-0.4, -0.2) is 29.5 Å². The molecule has 0 aliphatic carbocycles. The molecule has 0 heterocycles. The van der Waals surface area contributed by atoms with Gasteiger partial charge in [0.05, 0.1) is 6.42 Å². The summed E-state index contributed by atoms with van der Waals surface area (Å²) in [7, 11) is 1.81. The molecule has 0 aliphatic rings. The first-order valence-corrected chi connectivity index (χ1v) is 6.05. The lowest BCUT2D eigenvalue weighted by molar-refractivity contribution is -0.129. The molecule has 0 radical (unpaired) electrons.